The van der Waals surface area contributed by atoms with Crippen molar-refractivity contribution in [2.24, 2.45) is 0 Å². The van der Waals surface area contributed by atoms with E-state index in [-0.39, 0.29) is 10.8 Å². The molecule has 254 valence electrons. The molecule has 7 aromatic carbocycles. The van der Waals surface area contributed by atoms with E-state index in [2.05, 4.69) is 202 Å². The summed E-state index contributed by atoms with van der Waals surface area (Å²) in [5, 5.41) is 2.56. The van der Waals surface area contributed by atoms with E-state index >= 15 is 0 Å². The van der Waals surface area contributed by atoms with Gasteiger partial charge in [0.1, 0.15) is 0 Å². The van der Waals surface area contributed by atoms with Crippen LogP contribution in [-0.4, -0.2) is 4.98 Å². The van der Waals surface area contributed by atoms with Crippen LogP contribution < -0.4 is 4.90 Å². The Labute approximate surface area is 312 Å². The number of anilines is 3. The van der Waals surface area contributed by atoms with Crippen molar-refractivity contribution in [3.05, 3.63) is 192 Å². The average Bonchev–Trinajstić information content (AvgIpc) is 3.56. The first-order valence-corrected chi connectivity index (χ1v) is 18.6. The fourth-order valence-electron chi connectivity index (χ4n) is 9.00. The van der Waals surface area contributed by atoms with Gasteiger partial charge < -0.3 is 4.90 Å². The van der Waals surface area contributed by atoms with Crippen LogP contribution in [0.1, 0.15) is 49.9 Å². The van der Waals surface area contributed by atoms with Crippen molar-refractivity contribution in [3.8, 4) is 44.8 Å². The summed E-state index contributed by atoms with van der Waals surface area (Å²) in [4.78, 5) is 7.71. The molecule has 2 aliphatic rings. The summed E-state index contributed by atoms with van der Waals surface area (Å²) in [7, 11) is 0. The van der Waals surface area contributed by atoms with E-state index in [1.165, 1.54) is 55.3 Å². The molecule has 0 radical (unpaired) electrons. The number of hydrogen-bond donors (Lipinski definition) is 0. The van der Waals surface area contributed by atoms with Crippen LogP contribution >= 0.6 is 0 Å². The SMILES string of the molecule is CC1(C)c2ccccc2-c2ccc(N(c3cc(-c4ccccc4)nc(-c4ccccc4)c3)c3ccc4c(c3)-c3cc5ccccc5cc3C4(C)C)cc21. The van der Waals surface area contributed by atoms with E-state index in [1.807, 2.05) is 0 Å². The van der Waals surface area contributed by atoms with E-state index in [0.717, 1.165) is 39.6 Å². The molecule has 53 heavy (non-hydrogen) atoms. The largest absolute Gasteiger partial charge is 0.310 e. The topological polar surface area (TPSA) is 16.1 Å². The monoisotopic (exact) mass is 680 g/mol. The van der Waals surface area contributed by atoms with Crippen LogP contribution in [0.2, 0.25) is 0 Å². The van der Waals surface area contributed by atoms with E-state index in [4.69, 9.17) is 4.98 Å². The van der Waals surface area contributed by atoms with Crippen LogP contribution in [0.15, 0.2) is 170 Å². The van der Waals surface area contributed by atoms with Gasteiger partial charge in [-0.05, 0) is 104 Å². The molecule has 2 heteroatoms. The minimum atomic E-state index is -0.127. The van der Waals surface area contributed by atoms with Crippen molar-refractivity contribution < 1.29 is 0 Å². The first-order valence-electron chi connectivity index (χ1n) is 18.6. The lowest BCUT2D eigenvalue weighted by Gasteiger charge is -2.29. The summed E-state index contributed by atoms with van der Waals surface area (Å²) in [6, 6.07) is 62.2. The zero-order valence-corrected chi connectivity index (χ0v) is 30.6. The molecule has 0 amide bonds. The highest BCUT2D eigenvalue weighted by molar-refractivity contribution is 5.95. The average molecular weight is 681 g/mol. The zero-order valence-electron chi connectivity index (χ0n) is 30.6. The molecular formula is C51H40N2. The number of pyridine rings is 1. The van der Waals surface area contributed by atoms with Crippen LogP contribution in [0.3, 0.4) is 0 Å². The van der Waals surface area contributed by atoms with Gasteiger partial charge in [-0.1, -0.05) is 149 Å². The molecule has 0 saturated heterocycles. The van der Waals surface area contributed by atoms with Gasteiger partial charge in [0, 0.05) is 33.3 Å². The molecule has 2 aliphatic carbocycles. The van der Waals surface area contributed by atoms with Crippen molar-refractivity contribution >= 4 is 27.8 Å². The number of aromatic nitrogens is 1. The molecular weight excluding hydrogens is 641 g/mol. The van der Waals surface area contributed by atoms with E-state index in [1.54, 1.807) is 0 Å². The zero-order chi connectivity index (χ0) is 35.9. The van der Waals surface area contributed by atoms with Crippen molar-refractivity contribution in [1.29, 1.82) is 0 Å². The second kappa shape index (κ2) is 11.6. The Balaban J connectivity index is 1.23. The smallest absolute Gasteiger partial charge is 0.0730 e. The van der Waals surface area contributed by atoms with Gasteiger partial charge in [0.2, 0.25) is 0 Å². The molecule has 1 aromatic heterocycles. The fourth-order valence-corrected chi connectivity index (χ4v) is 9.00. The summed E-state index contributed by atoms with van der Waals surface area (Å²) >= 11 is 0. The van der Waals surface area contributed by atoms with E-state index < -0.39 is 0 Å². The van der Waals surface area contributed by atoms with Gasteiger partial charge in [0.05, 0.1) is 17.1 Å². The first kappa shape index (κ1) is 31.5. The molecule has 2 nitrogen and oxygen atoms in total. The number of nitrogens with zero attached hydrogens (tertiary/aromatic N) is 2. The van der Waals surface area contributed by atoms with E-state index in [9.17, 15) is 0 Å². The molecule has 8 aromatic rings. The number of fused-ring (bicyclic) bond motifs is 7. The van der Waals surface area contributed by atoms with Gasteiger partial charge in [0.25, 0.3) is 0 Å². The minimum absolute atomic E-state index is 0.112. The Morgan fingerprint density at radius 2 is 0.849 bits per heavy atom. The molecule has 0 bridgehead atoms. The highest BCUT2D eigenvalue weighted by Gasteiger charge is 2.38. The standard InChI is InChI=1S/C51H40N2/c1-50(2)44-22-14-13-21-40(44)41-25-23-38(30-47(41)50)53(39-31-48(33-15-7-5-8-16-33)52-49(32-39)34-17-9-6-10-18-34)37-24-26-45-43(29-37)42-27-35-19-11-12-20-36(35)28-46(42)51(45,3)4/h5-32H,1-4H3. The fraction of sp³-hybridized carbons (Fsp3) is 0.118. The maximum absolute atomic E-state index is 5.26. The van der Waals surface area contributed by atoms with Gasteiger partial charge in [-0.3, -0.25) is 0 Å². The highest BCUT2D eigenvalue weighted by atomic mass is 15.1. The van der Waals surface area contributed by atoms with Crippen LogP contribution in [0.5, 0.6) is 0 Å². The maximum atomic E-state index is 5.26. The van der Waals surface area contributed by atoms with Crippen LogP contribution in [0, 0.1) is 0 Å². The predicted octanol–water partition coefficient (Wildman–Crippen LogP) is 13.7. The molecule has 0 N–H and O–H groups in total. The molecule has 0 aliphatic heterocycles. The van der Waals surface area contributed by atoms with Crippen LogP contribution in [0.4, 0.5) is 17.1 Å². The predicted molar refractivity (Wildman–Crippen MR) is 222 cm³/mol. The first-order chi connectivity index (χ1) is 25.8. The van der Waals surface area contributed by atoms with Gasteiger partial charge in [0.15, 0.2) is 0 Å². The highest BCUT2D eigenvalue weighted by Crippen LogP contribution is 2.54. The van der Waals surface area contributed by atoms with Crippen molar-refractivity contribution in [2.75, 3.05) is 4.90 Å². The molecule has 1 heterocycles. The Kier molecular flexibility index (Phi) is 6.91. The Morgan fingerprint density at radius 1 is 0.358 bits per heavy atom. The molecule has 0 fully saturated rings. The van der Waals surface area contributed by atoms with Gasteiger partial charge in [-0.25, -0.2) is 4.98 Å². The third-order valence-electron chi connectivity index (χ3n) is 11.8. The minimum Gasteiger partial charge on any atom is -0.310 e. The summed E-state index contributed by atoms with van der Waals surface area (Å²) in [5.74, 6) is 0. The van der Waals surface area contributed by atoms with Crippen molar-refractivity contribution in [2.45, 2.75) is 38.5 Å². The summed E-state index contributed by atoms with van der Waals surface area (Å²) in [6.07, 6.45) is 0. The van der Waals surface area contributed by atoms with Gasteiger partial charge >= 0.3 is 0 Å². The maximum Gasteiger partial charge on any atom is 0.0730 e. The van der Waals surface area contributed by atoms with Crippen molar-refractivity contribution in [3.63, 3.8) is 0 Å². The van der Waals surface area contributed by atoms with E-state index in [0.29, 0.717) is 0 Å². The van der Waals surface area contributed by atoms with Gasteiger partial charge in [-0.2, -0.15) is 0 Å². The molecule has 0 saturated carbocycles. The lowest BCUT2D eigenvalue weighted by Crippen LogP contribution is -2.17. The lowest BCUT2D eigenvalue weighted by molar-refractivity contribution is 0.660. The molecule has 0 spiro atoms. The summed E-state index contributed by atoms with van der Waals surface area (Å²) in [6.45, 7) is 9.45. The molecule has 0 unspecified atom stereocenters. The Bertz CT molecular complexity index is 2660. The quantitative estimate of drug-likeness (QED) is 0.180. The third kappa shape index (κ3) is 4.90. The molecule has 10 rings (SSSR count). The second-order valence-corrected chi connectivity index (χ2v) is 15.7. The third-order valence-corrected chi connectivity index (χ3v) is 11.8. The van der Waals surface area contributed by atoms with Gasteiger partial charge in [-0.15, -0.1) is 0 Å². The lowest BCUT2D eigenvalue weighted by atomic mass is 9.82. The van der Waals surface area contributed by atoms with Crippen LogP contribution in [-0.2, 0) is 10.8 Å². The van der Waals surface area contributed by atoms with Crippen molar-refractivity contribution in [1.82, 2.24) is 4.98 Å². The Hall–Kier alpha value is -6.25. The second-order valence-electron chi connectivity index (χ2n) is 15.7. The van der Waals surface area contributed by atoms with Crippen LogP contribution in [0.25, 0.3) is 55.5 Å². The number of rotatable bonds is 5. The number of benzene rings is 7. The number of hydrogen-bond acceptors (Lipinski definition) is 2. The summed E-state index contributed by atoms with van der Waals surface area (Å²) in [5.41, 5.74) is 17.9. The Morgan fingerprint density at radius 3 is 1.53 bits per heavy atom. The molecule has 0 atom stereocenters. The summed E-state index contributed by atoms with van der Waals surface area (Å²) < 4.78 is 0. The normalized spacial score (nSPS) is 14.3.